The molecular weight excluding hydrogens is 280 g/mol. The maximum Gasteiger partial charge on any atom is 0.185 e. The third-order valence-corrected chi connectivity index (χ3v) is 4.90. The molecule has 2 rings (SSSR count). The number of rotatable bonds is 9. The SMILES string of the molecule is Cc1nc(N(CCN(C)C)CC(C)C)sc1CNC1CC1. The van der Waals surface area contributed by atoms with E-state index < -0.39 is 0 Å². The molecule has 1 aromatic heterocycles. The van der Waals surface area contributed by atoms with Crippen molar-refractivity contribution in [1.82, 2.24) is 15.2 Å². The summed E-state index contributed by atoms with van der Waals surface area (Å²) in [4.78, 5) is 10.9. The van der Waals surface area contributed by atoms with Crippen LogP contribution in [-0.2, 0) is 6.54 Å². The van der Waals surface area contributed by atoms with Gasteiger partial charge in [-0.2, -0.15) is 0 Å². The van der Waals surface area contributed by atoms with Crippen molar-refractivity contribution in [2.45, 2.75) is 46.2 Å². The number of thiazole rings is 1. The second-order valence-electron chi connectivity index (χ2n) is 6.80. The van der Waals surface area contributed by atoms with Crippen molar-refractivity contribution in [2.75, 3.05) is 38.6 Å². The Labute approximate surface area is 133 Å². The molecule has 1 aliphatic carbocycles. The van der Waals surface area contributed by atoms with Gasteiger partial charge in [-0.1, -0.05) is 13.8 Å². The number of hydrogen-bond acceptors (Lipinski definition) is 5. The molecule has 21 heavy (non-hydrogen) atoms. The number of aromatic nitrogens is 1. The van der Waals surface area contributed by atoms with Crippen LogP contribution in [0, 0.1) is 12.8 Å². The molecule has 1 fully saturated rings. The highest BCUT2D eigenvalue weighted by Crippen LogP contribution is 2.28. The van der Waals surface area contributed by atoms with E-state index in [0.29, 0.717) is 5.92 Å². The zero-order valence-corrected chi connectivity index (χ0v) is 15.0. The van der Waals surface area contributed by atoms with Gasteiger partial charge in [0.15, 0.2) is 5.13 Å². The van der Waals surface area contributed by atoms with E-state index in [1.165, 1.54) is 28.5 Å². The van der Waals surface area contributed by atoms with Crippen LogP contribution in [0.25, 0.3) is 0 Å². The van der Waals surface area contributed by atoms with Gasteiger partial charge in [-0.3, -0.25) is 0 Å². The Kier molecular flexibility index (Phi) is 6.02. The molecule has 1 aliphatic rings. The first-order valence-electron chi connectivity index (χ1n) is 8.05. The van der Waals surface area contributed by atoms with Crippen LogP contribution in [0.3, 0.4) is 0 Å². The third kappa shape index (κ3) is 5.57. The lowest BCUT2D eigenvalue weighted by atomic mass is 10.2. The molecule has 4 nitrogen and oxygen atoms in total. The Balaban J connectivity index is 2.01. The smallest absolute Gasteiger partial charge is 0.185 e. The highest BCUT2D eigenvalue weighted by molar-refractivity contribution is 7.15. The van der Waals surface area contributed by atoms with E-state index in [1.54, 1.807) is 0 Å². The molecule has 0 saturated heterocycles. The summed E-state index contributed by atoms with van der Waals surface area (Å²) in [5.74, 6) is 0.657. The lowest BCUT2D eigenvalue weighted by molar-refractivity contribution is 0.409. The Morgan fingerprint density at radius 3 is 2.57 bits per heavy atom. The van der Waals surface area contributed by atoms with Crippen molar-refractivity contribution in [3.05, 3.63) is 10.6 Å². The molecule has 0 amide bonds. The molecule has 0 spiro atoms. The average molecular weight is 311 g/mol. The van der Waals surface area contributed by atoms with Crippen LogP contribution in [0.15, 0.2) is 0 Å². The minimum Gasteiger partial charge on any atom is -0.347 e. The zero-order chi connectivity index (χ0) is 15.4. The van der Waals surface area contributed by atoms with Gasteiger partial charge in [0, 0.05) is 37.1 Å². The molecule has 1 heterocycles. The Bertz CT molecular complexity index is 437. The van der Waals surface area contributed by atoms with Gasteiger partial charge in [-0.25, -0.2) is 4.98 Å². The fourth-order valence-electron chi connectivity index (χ4n) is 2.26. The van der Waals surface area contributed by atoms with Crippen molar-refractivity contribution < 1.29 is 0 Å². The van der Waals surface area contributed by atoms with Crippen LogP contribution in [0.2, 0.25) is 0 Å². The monoisotopic (exact) mass is 310 g/mol. The summed E-state index contributed by atoms with van der Waals surface area (Å²) in [5.41, 5.74) is 1.20. The number of nitrogens with zero attached hydrogens (tertiary/aromatic N) is 3. The average Bonchev–Trinajstić information content (AvgIpc) is 3.15. The number of aryl methyl sites for hydroxylation is 1. The number of anilines is 1. The molecule has 5 heteroatoms. The Hall–Kier alpha value is -0.650. The normalized spacial score (nSPS) is 15.2. The quantitative estimate of drug-likeness (QED) is 0.760. The molecule has 120 valence electrons. The molecule has 0 unspecified atom stereocenters. The fraction of sp³-hybridized carbons (Fsp3) is 0.812. The topological polar surface area (TPSA) is 31.4 Å². The van der Waals surface area contributed by atoms with Gasteiger partial charge >= 0.3 is 0 Å². The lowest BCUT2D eigenvalue weighted by Gasteiger charge is -2.25. The molecule has 0 radical (unpaired) electrons. The largest absolute Gasteiger partial charge is 0.347 e. The highest BCUT2D eigenvalue weighted by Gasteiger charge is 2.22. The maximum absolute atomic E-state index is 4.83. The van der Waals surface area contributed by atoms with Crippen LogP contribution in [0.5, 0.6) is 0 Å². The van der Waals surface area contributed by atoms with E-state index in [4.69, 9.17) is 4.98 Å². The minimum absolute atomic E-state index is 0.657. The molecule has 1 saturated carbocycles. The molecule has 1 N–H and O–H groups in total. The first-order chi connectivity index (χ1) is 9.95. The predicted octanol–water partition coefficient (Wildman–Crippen LogP) is 2.73. The van der Waals surface area contributed by atoms with Crippen LogP contribution in [0.1, 0.15) is 37.3 Å². The van der Waals surface area contributed by atoms with Crippen LogP contribution >= 0.6 is 11.3 Å². The first-order valence-corrected chi connectivity index (χ1v) is 8.86. The van der Waals surface area contributed by atoms with E-state index in [1.807, 2.05) is 11.3 Å². The second kappa shape index (κ2) is 7.56. The van der Waals surface area contributed by atoms with Crippen LogP contribution < -0.4 is 10.2 Å². The summed E-state index contributed by atoms with van der Waals surface area (Å²) in [5, 5.41) is 4.79. The standard InChI is InChI=1S/C16H30N4S/c1-12(2)11-20(9-8-19(4)5)16-18-13(3)15(21-16)10-17-14-6-7-14/h12,14,17H,6-11H2,1-5H3. The molecule has 0 atom stereocenters. The van der Waals surface area contributed by atoms with E-state index in [9.17, 15) is 0 Å². The van der Waals surface area contributed by atoms with Gasteiger partial charge in [0.05, 0.1) is 5.69 Å². The van der Waals surface area contributed by atoms with Gasteiger partial charge in [0.1, 0.15) is 0 Å². The second-order valence-corrected chi connectivity index (χ2v) is 7.87. The number of likely N-dealkylation sites (N-methyl/N-ethyl adjacent to an activating group) is 1. The van der Waals surface area contributed by atoms with Gasteiger partial charge in [0.25, 0.3) is 0 Å². The van der Waals surface area contributed by atoms with Crippen LogP contribution in [-0.4, -0.2) is 49.7 Å². The summed E-state index contributed by atoms with van der Waals surface area (Å²) in [6, 6.07) is 0.760. The molecule has 0 aliphatic heterocycles. The Morgan fingerprint density at radius 2 is 2.00 bits per heavy atom. The van der Waals surface area contributed by atoms with Crippen molar-refractivity contribution in [3.63, 3.8) is 0 Å². The summed E-state index contributed by atoms with van der Waals surface area (Å²) in [7, 11) is 4.26. The van der Waals surface area contributed by atoms with E-state index >= 15 is 0 Å². The van der Waals surface area contributed by atoms with E-state index in [-0.39, 0.29) is 0 Å². The predicted molar refractivity (Wildman–Crippen MR) is 92.3 cm³/mol. The molecule has 1 aromatic rings. The van der Waals surface area contributed by atoms with Gasteiger partial charge in [-0.05, 0) is 39.8 Å². The van der Waals surface area contributed by atoms with Crippen molar-refractivity contribution in [1.29, 1.82) is 0 Å². The molecule has 0 bridgehead atoms. The minimum atomic E-state index is 0.657. The highest BCUT2D eigenvalue weighted by atomic mass is 32.1. The maximum atomic E-state index is 4.83. The molecule has 0 aromatic carbocycles. The summed E-state index contributed by atoms with van der Waals surface area (Å²) in [6.45, 7) is 10.9. The zero-order valence-electron chi connectivity index (χ0n) is 14.1. The first kappa shape index (κ1) is 16.7. The summed E-state index contributed by atoms with van der Waals surface area (Å²) < 4.78 is 0. The van der Waals surface area contributed by atoms with Gasteiger partial charge < -0.3 is 15.1 Å². The van der Waals surface area contributed by atoms with E-state index in [2.05, 4.69) is 50.0 Å². The Morgan fingerprint density at radius 1 is 1.29 bits per heavy atom. The van der Waals surface area contributed by atoms with Crippen LogP contribution in [0.4, 0.5) is 5.13 Å². The number of nitrogens with one attached hydrogen (secondary N) is 1. The summed E-state index contributed by atoms with van der Waals surface area (Å²) >= 11 is 1.86. The van der Waals surface area contributed by atoms with Crippen molar-refractivity contribution in [2.24, 2.45) is 5.92 Å². The summed E-state index contributed by atoms with van der Waals surface area (Å²) in [6.07, 6.45) is 2.68. The van der Waals surface area contributed by atoms with Crippen molar-refractivity contribution in [3.8, 4) is 0 Å². The van der Waals surface area contributed by atoms with Gasteiger partial charge in [-0.15, -0.1) is 11.3 Å². The lowest BCUT2D eigenvalue weighted by Crippen LogP contribution is -2.34. The van der Waals surface area contributed by atoms with Gasteiger partial charge in [0.2, 0.25) is 0 Å². The van der Waals surface area contributed by atoms with E-state index in [0.717, 1.165) is 32.2 Å². The number of hydrogen-bond donors (Lipinski definition) is 1. The third-order valence-electron chi connectivity index (χ3n) is 3.68. The van der Waals surface area contributed by atoms with Crippen molar-refractivity contribution >= 4 is 16.5 Å². The molecular formula is C16H30N4S. The fourth-order valence-corrected chi connectivity index (χ4v) is 3.31.